The monoisotopic (exact) mass is 360 g/mol. The lowest BCUT2D eigenvalue weighted by atomic mass is 9.93. The molecule has 1 fully saturated rings. The number of hydrogen-bond donors (Lipinski definition) is 0. The number of likely N-dealkylation sites (N-methyl/N-ethyl adjacent to an activating group) is 1. The van der Waals surface area contributed by atoms with E-state index < -0.39 is 0 Å². The molecule has 4 rings (SSSR count). The Hall–Kier alpha value is -1.06. The van der Waals surface area contributed by atoms with E-state index in [1.807, 2.05) is 12.1 Å². The Balaban J connectivity index is 1.68. The third-order valence-electron chi connectivity index (χ3n) is 5.51. The second-order valence-electron chi connectivity index (χ2n) is 6.94. The van der Waals surface area contributed by atoms with Gasteiger partial charge in [-0.05, 0) is 42.3 Å². The molecular formula is C20H22Cl2N2. The van der Waals surface area contributed by atoms with Crippen molar-refractivity contribution in [1.82, 2.24) is 9.80 Å². The van der Waals surface area contributed by atoms with Crippen LogP contribution >= 0.6 is 23.2 Å². The van der Waals surface area contributed by atoms with Crippen molar-refractivity contribution in [3.05, 3.63) is 69.2 Å². The Labute approximate surface area is 154 Å². The molecule has 2 unspecified atom stereocenters. The third-order valence-corrected chi connectivity index (χ3v) is 6.07. The summed E-state index contributed by atoms with van der Waals surface area (Å²) < 4.78 is 0. The van der Waals surface area contributed by atoms with Crippen LogP contribution in [0.3, 0.4) is 0 Å². The molecule has 2 aliphatic rings. The molecule has 0 amide bonds. The summed E-state index contributed by atoms with van der Waals surface area (Å²) in [5.74, 6) is 0.357. The lowest BCUT2D eigenvalue weighted by molar-refractivity contribution is 0.110. The average molecular weight is 361 g/mol. The van der Waals surface area contributed by atoms with Gasteiger partial charge in [-0.15, -0.1) is 0 Å². The Kier molecular flexibility index (Phi) is 4.57. The molecule has 0 N–H and O–H groups in total. The van der Waals surface area contributed by atoms with Gasteiger partial charge in [-0.3, -0.25) is 4.90 Å². The number of nitrogens with zero attached hydrogens (tertiary/aromatic N) is 2. The molecule has 0 radical (unpaired) electrons. The van der Waals surface area contributed by atoms with Crippen molar-refractivity contribution in [2.45, 2.75) is 18.4 Å². The molecule has 0 bridgehead atoms. The molecule has 0 saturated carbocycles. The summed E-state index contributed by atoms with van der Waals surface area (Å²) in [6.07, 6.45) is 1.10. The summed E-state index contributed by atoms with van der Waals surface area (Å²) in [5, 5.41) is 1.48. The normalized spacial score (nSPS) is 25.0. The molecule has 1 saturated heterocycles. The van der Waals surface area contributed by atoms with Gasteiger partial charge < -0.3 is 4.90 Å². The number of halogens is 2. The summed E-state index contributed by atoms with van der Waals surface area (Å²) in [4.78, 5) is 5.05. The Morgan fingerprint density at radius 2 is 1.58 bits per heavy atom. The van der Waals surface area contributed by atoms with Crippen LogP contribution in [0.2, 0.25) is 10.0 Å². The number of rotatable bonds is 2. The summed E-state index contributed by atoms with van der Waals surface area (Å²) in [6, 6.07) is 15.3. The van der Waals surface area contributed by atoms with Gasteiger partial charge in [0.25, 0.3) is 0 Å². The van der Waals surface area contributed by atoms with Crippen molar-refractivity contribution in [3.63, 3.8) is 0 Å². The SMILES string of the molecule is CN1CCN(C2CC(c3ccc(Cl)cc3Cl)c3ccccc32)CC1. The van der Waals surface area contributed by atoms with Crippen LogP contribution in [0.25, 0.3) is 0 Å². The van der Waals surface area contributed by atoms with Crippen LogP contribution < -0.4 is 0 Å². The van der Waals surface area contributed by atoms with Crippen LogP contribution in [0.5, 0.6) is 0 Å². The predicted molar refractivity (Wildman–Crippen MR) is 101 cm³/mol. The molecular weight excluding hydrogens is 339 g/mol. The van der Waals surface area contributed by atoms with Crippen LogP contribution in [0, 0.1) is 0 Å². The van der Waals surface area contributed by atoms with Gasteiger partial charge >= 0.3 is 0 Å². The molecule has 2 atom stereocenters. The fourth-order valence-electron chi connectivity index (χ4n) is 4.17. The van der Waals surface area contributed by atoms with Crippen molar-refractivity contribution >= 4 is 23.2 Å². The van der Waals surface area contributed by atoms with Gasteiger partial charge in [-0.1, -0.05) is 53.5 Å². The first-order valence-electron chi connectivity index (χ1n) is 8.60. The lowest BCUT2D eigenvalue weighted by Gasteiger charge is -2.37. The van der Waals surface area contributed by atoms with E-state index in [2.05, 4.69) is 47.2 Å². The maximum atomic E-state index is 6.52. The van der Waals surface area contributed by atoms with E-state index in [0.29, 0.717) is 17.0 Å². The topological polar surface area (TPSA) is 6.48 Å². The van der Waals surface area contributed by atoms with Crippen molar-refractivity contribution in [2.24, 2.45) is 0 Å². The zero-order valence-corrected chi connectivity index (χ0v) is 15.4. The highest BCUT2D eigenvalue weighted by Crippen LogP contribution is 2.48. The molecule has 2 aromatic carbocycles. The van der Waals surface area contributed by atoms with E-state index in [4.69, 9.17) is 23.2 Å². The Bertz CT molecular complexity index is 738. The minimum atomic E-state index is 0.357. The lowest BCUT2D eigenvalue weighted by Crippen LogP contribution is -2.45. The van der Waals surface area contributed by atoms with Crippen LogP contribution in [0.4, 0.5) is 0 Å². The van der Waals surface area contributed by atoms with Crippen molar-refractivity contribution in [3.8, 4) is 0 Å². The molecule has 2 nitrogen and oxygen atoms in total. The van der Waals surface area contributed by atoms with Gasteiger partial charge in [0.2, 0.25) is 0 Å². The molecule has 1 aliphatic heterocycles. The Morgan fingerprint density at radius 1 is 0.875 bits per heavy atom. The number of fused-ring (bicyclic) bond motifs is 1. The highest BCUT2D eigenvalue weighted by atomic mass is 35.5. The minimum absolute atomic E-state index is 0.357. The third kappa shape index (κ3) is 2.97. The predicted octanol–water partition coefficient (Wildman–Crippen LogP) is 4.82. The standard InChI is InChI=1S/C20H22Cl2N2/c1-23-8-10-24(11-9-23)20-13-18(15-4-2-3-5-17(15)20)16-7-6-14(21)12-19(16)22/h2-7,12,18,20H,8-11,13H2,1H3. The highest BCUT2D eigenvalue weighted by molar-refractivity contribution is 6.35. The van der Waals surface area contributed by atoms with Crippen LogP contribution in [0.15, 0.2) is 42.5 Å². The summed E-state index contributed by atoms with van der Waals surface area (Å²) in [6.45, 7) is 4.56. The van der Waals surface area contributed by atoms with E-state index in [-0.39, 0.29) is 0 Å². The van der Waals surface area contributed by atoms with Gasteiger partial charge in [-0.2, -0.15) is 0 Å². The van der Waals surface area contributed by atoms with Crippen molar-refractivity contribution in [2.75, 3.05) is 33.2 Å². The molecule has 4 heteroatoms. The van der Waals surface area contributed by atoms with E-state index in [1.54, 1.807) is 0 Å². The highest BCUT2D eigenvalue weighted by Gasteiger charge is 2.36. The maximum Gasteiger partial charge on any atom is 0.0459 e. The fourth-order valence-corrected chi connectivity index (χ4v) is 4.71. The van der Waals surface area contributed by atoms with E-state index in [9.17, 15) is 0 Å². The first kappa shape index (κ1) is 16.4. The quantitative estimate of drug-likeness (QED) is 0.757. The zero-order valence-electron chi connectivity index (χ0n) is 13.9. The first-order valence-corrected chi connectivity index (χ1v) is 9.35. The van der Waals surface area contributed by atoms with Gasteiger partial charge in [0.1, 0.15) is 0 Å². The average Bonchev–Trinajstić information content (AvgIpc) is 2.95. The maximum absolute atomic E-state index is 6.52. The van der Waals surface area contributed by atoms with Crippen LogP contribution in [0.1, 0.15) is 35.1 Å². The summed E-state index contributed by atoms with van der Waals surface area (Å²) in [5.41, 5.74) is 4.09. The van der Waals surface area contributed by atoms with Gasteiger partial charge in [0.15, 0.2) is 0 Å². The fraction of sp³-hybridized carbons (Fsp3) is 0.400. The Morgan fingerprint density at radius 3 is 2.29 bits per heavy atom. The number of piperazine rings is 1. The number of benzene rings is 2. The molecule has 0 spiro atoms. The molecule has 1 aliphatic carbocycles. The summed E-state index contributed by atoms with van der Waals surface area (Å²) >= 11 is 12.6. The van der Waals surface area contributed by atoms with Gasteiger partial charge in [-0.25, -0.2) is 0 Å². The molecule has 24 heavy (non-hydrogen) atoms. The minimum Gasteiger partial charge on any atom is -0.304 e. The van der Waals surface area contributed by atoms with E-state index in [0.717, 1.165) is 37.6 Å². The largest absolute Gasteiger partial charge is 0.304 e. The van der Waals surface area contributed by atoms with Crippen LogP contribution in [-0.4, -0.2) is 43.0 Å². The van der Waals surface area contributed by atoms with Crippen molar-refractivity contribution in [1.29, 1.82) is 0 Å². The molecule has 1 heterocycles. The van der Waals surface area contributed by atoms with E-state index in [1.165, 1.54) is 16.7 Å². The van der Waals surface area contributed by atoms with Gasteiger partial charge in [0.05, 0.1) is 0 Å². The van der Waals surface area contributed by atoms with Crippen LogP contribution in [-0.2, 0) is 0 Å². The number of hydrogen-bond acceptors (Lipinski definition) is 2. The van der Waals surface area contributed by atoms with Crippen molar-refractivity contribution < 1.29 is 0 Å². The first-order chi connectivity index (χ1) is 11.6. The summed E-state index contributed by atoms with van der Waals surface area (Å²) in [7, 11) is 2.20. The molecule has 2 aromatic rings. The molecule has 126 valence electrons. The second kappa shape index (κ2) is 6.68. The van der Waals surface area contributed by atoms with Gasteiger partial charge in [0, 0.05) is 48.2 Å². The smallest absolute Gasteiger partial charge is 0.0459 e. The zero-order chi connectivity index (χ0) is 16.7. The second-order valence-corrected chi connectivity index (χ2v) is 7.78. The molecule has 0 aromatic heterocycles. The van der Waals surface area contributed by atoms with E-state index >= 15 is 0 Å².